The third-order valence-corrected chi connectivity index (χ3v) is 6.50. The Hall–Kier alpha value is -2.38. The van der Waals surface area contributed by atoms with Gasteiger partial charge in [-0.05, 0) is 42.5 Å². The summed E-state index contributed by atoms with van der Waals surface area (Å²) in [6.45, 7) is 9.15. The molecule has 1 aromatic heterocycles. The van der Waals surface area contributed by atoms with Crippen molar-refractivity contribution in [3.8, 4) is 0 Å². The third kappa shape index (κ3) is 6.05. The van der Waals surface area contributed by atoms with Crippen LogP contribution in [0, 0.1) is 19.8 Å². The summed E-state index contributed by atoms with van der Waals surface area (Å²) in [5, 5.41) is 15.2. The first-order chi connectivity index (χ1) is 13.9. The number of thioether (sulfide) groups is 1. The number of carbonyl (C=O) groups excluding carboxylic acids is 1. The van der Waals surface area contributed by atoms with Crippen LogP contribution in [0.1, 0.15) is 35.8 Å². The van der Waals surface area contributed by atoms with Gasteiger partial charge in [-0.2, -0.15) is 0 Å². The summed E-state index contributed by atoms with van der Waals surface area (Å²) < 4.78 is 0.765. The molecular weight excluding hydrogens is 400 g/mol. The highest BCUT2D eigenvalue weighted by atomic mass is 32.2. The number of nitrogens with one attached hydrogen (secondary N) is 2. The molecule has 0 saturated heterocycles. The van der Waals surface area contributed by atoms with E-state index in [4.69, 9.17) is 0 Å². The lowest BCUT2D eigenvalue weighted by molar-refractivity contribution is -0.115. The van der Waals surface area contributed by atoms with Crippen LogP contribution in [0.2, 0.25) is 0 Å². The molecule has 0 aliphatic rings. The Morgan fingerprint density at radius 2 is 1.86 bits per heavy atom. The number of nitrogens with zero attached hydrogens (tertiary/aromatic N) is 2. The van der Waals surface area contributed by atoms with Crippen molar-refractivity contribution in [3.05, 3.63) is 65.2 Å². The van der Waals surface area contributed by atoms with Crippen molar-refractivity contribution >= 4 is 39.8 Å². The molecule has 0 fully saturated rings. The Kier molecular flexibility index (Phi) is 7.28. The van der Waals surface area contributed by atoms with Gasteiger partial charge in [-0.1, -0.05) is 79.4 Å². The summed E-state index contributed by atoms with van der Waals surface area (Å²) in [5.74, 6) is 0.456. The number of rotatable bonds is 8. The van der Waals surface area contributed by atoms with Gasteiger partial charge < -0.3 is 10.6 Å². The Balaban J connectivity index is 1.80. The zero-order chi connectivity index (χ0) is 20.8. The van der Waals surface area contributed by atoms with E-state index in [1.807, 2.05) is 62.4 Å². The summed E-state index contributed by atoms with van der Waals surface area (Å²) in [6, 6.07) is 15.9. The Bertz CT molecular complexity index is 956. The van der Waals surface area contributed by atoms with Crippen molar-refractivity contribution in [2.24, 2.45) is 5.92 Å². The van der Waals surface area contributed by atoms with Crippen LogP contribution in [0.3, 0.4) is 0 Å². The standard InChI is InChI=1S/C22H26N4OS2/c1-14(2)13-23-21-25-26-22(29-21)28-19(17-8-6-5-7-9-17)20(27)24-18-12-15(3)10-11-16(18)4/h5-12,14,19H,13H2,1-4H3,(H,23,25)(H,24,27). The molecule has 1 amide bonds. The van der Waals surface area contributed by atoms with Crippen LogP contribution >= 0.6 is 23.1 Å². The van der Waals surface area contributed by atoms with Crippen molar-refractivity contribution in [3.63, 3.8) is 0 Å². The van der Waals surface area contributed by atoms with Gasteiger partial charge >= 0.3 is 0 Å². The molecule has 1 unspecified atom stereocenters. The molecule has 0 aliphatic heterocycles. The van der Waals surface area contributed by atoms with Crippen LogP contribution in [0.15, 0.2) is 52.9 Å². The smallest absolute Gasteiger partial charge is 0.242 e. The molecule has 1 heterocycles. The zero-order valence-corrected chi connectivity index (χ0v) is 18.7. The van der Waals surface area contributed by atoms with Gasteiger partial charge in [-0.15, -0.1) is 10.2 Å². The molecule has 2 N–H and O–H groups in total. The number of aryl methyl sites for hydroxylation is 2. The molecule has 3 aromatic rings. The van der Waals surface area contributed by atoms with Crippen molar-refractivity contribution in [2.45, 2.75) is 37.3 Å². The maximum atomic E-state index is 13.2. The zero-order valence-electron chi connectivity index (χ0n) is 17.1. The molecule has 29 heavy (non-hydrogen) atoms. The quantitative estimate of drug-likeness (QED) is 0.453. The summed E-state index contributed by atoms with van der Waals surface area (Å²) in [5.41, 5.74) is 3.93. The first-order valence-electron chi connectivity index (χ1n) is 9.59. The second-order valence-corrected chi connectivity index (χ2v) is 9.69. The number of anilines is 2. The van der Waals surface area contributed by atoms with Crippen LogP contribution in [0.5, 0.6) is 0 Å². The van der Waals surface area contributed by atoms with Crippen LogP contribution in [-0.4, -0.2) is 22.6 Å². The van der Waals surface area contributed by atoms with E-state index in [0.29, 0.717) is 5.92 Å². The summed E-state index contributed by atoms with van der Waals surface area (Å²) >= 11 is 2.90. The first-order valence-corrected chi connectivity index (χ1v) is 11.3. The topological polar surface area (TPSA) is 66.9 Å². The minimum absolute atomic E-state index is 0.0678. The SMILES string of the molecule is Cc1ccc(C)c(NC(=O)C(Sc2nnc(NCC(C)C)s2)c2ccccc2)c1. The van der Waals surface area contributed by atoms with E-state index in [-0.39, 0.29) is 5.91 Å². The highest BCUT2D eigenvalue weighted by molar-refractivity contribution is 8.02. The number of hydrogen-bond acceptors (Lipinski definition) is 6. The molecule has 7 heteroatoms. The first kappa shape index (κ1) is 21.3. The van der Waals surface area contributed by atoms with Crippen molar-refractivity contribution in [2.75, 3.05) is 17.2 Å². The highest BCUT2D eigenvalue weighted by Crippen LogP contribution is 2.38. The fourth-order valence-electron chi connectivity index (χ4n) is 2.69. The van der Waals surface area contributed by atoms with E-state index in [9.17, 15) is 4.79 Å². The molecule has 5 nitrogen and oxygen atoms in total. The average molecular weight is 427 g/mol. The lowest BCUT2D eigenvalue weighted by Gasteiger charge is -2.17. The monoisotopic (exact) mass is 426 g/mol. The predicted molar refractivity (Wildman–Crippen MR) is 123 cm³/mol. The van der Waals surface area contributed by atoms with Crippen molar-refractivity contribution in [1.82, 2.24) is 10.2 Å². The highest BCUT2D eigenvalue weighted by Gasteiger charge is 2.24. The molecule has 0 bridgehead atoms. The van der Waals surface area contributed by atoms with Gasteiger partial charge in [-0.25, -0.2) is 0 Å². The number of hydrogen-bond donors (Lipinski definition) is 2. The summed E-state index contributed by atoms with van der Waals surface area (Å²) in [6.07, 6.45) is 0. The normalized spacial score (nSPS) is 12.0. The van der Waals surface area contributed by atoms with Gasteiger partial charge in [0, 0.05) is 12.2 Å². The molecular formula is C22H26N4OS2. The fraction of sp³-hybridized carbons (Fsp3) is 0.318. The summed E-state index contributed by atoms with van der Waals surface area (Å²) in [7, 11) is 0. The maximum absolute atomic E-state index is 13.2. The van der Waals surface area contributed by atoms with Crippen LogP contribution in [0.4, 0.5) is 10.8 Å². The van der Waals surface area contributed by atoms with E-state index >= 15 is 0 Å². The second-order valence-electron chi connectivity index (χ2n) is 7.36. The second kappa shape index (κ2) is 9.89. The fourth-order valence-corrected chi connectivity index (χ4v) is 4.64. The molecule has 0 saturated carbocycles. The van der Waals surface area contributed by atoms with Crippen molar-refractivity contribution < 1.29 is 4.79 Å². The van der Waals surface area contributed by atoms with Gasteiger partial charge in [0.2, 0.25) is 11.0 Å². The van der Waals surface area contributed by atoms with Gasteiger partial charge in [0.1, 0.15) is 5.25 Å². The van der Waals surface area contributed by atoms with E-state index < -0.39 is 5.25 Å². The van der Waals surface area contributed by atoms with Gasteiger partial charge in [0.05, 0.1) is 0 Å². The Labute approximate surface area is 180 Å². The predicted octanol–water partition coefficient (Wildman–Crippen LogP) is 5.69. The van der Waals surface area contributed by atoms with Gasteiger partial charge in [-0.3, -0.25) is 4.79 Å². The molecule has 0 aliphatic carbocycles. The van der Waals surface area contributed by atoms with Crippen molar-refractivity contribution in [1.29, 1.82) is 0 Å². The molecule has 0 spiro atoms. The largest absolute Gasteiger partial charge is 0.360 e. The van der Waals surface area contributed by atoms with Crippen LogP contribution < -0.4 is 10.6 Å². The number of aromatic nitrogens is 2. The van der Waals surface area contributed by atoms with Gasteiger partial charge in [0.15, 0.2) is 4.34 Å². The molecule has 1 atom stereocenters. The average Bonchev–Trinajstić information content (AvgIpc) is 3.15. The Morgan fingerprint density at radius 3 is 2.59 bits per heavy atom. The molecule has 0 radical (unpaired) electrons. The van der Waals surface area contributed by atoms with E-state index in [1.54, 1.807) is 0 Å². The lowest BCUT2D eigenvalue weighted by atomic mass is 10.1. The summed E-state index contributed by atoms with van der Waals surface area (Å²) in [4.78, 5) is 13.2. The minimum atomic E-state index is -0.415. The third-order valence-electron chi connectivity index (χ3n) is 4.28. The number of carbonyl (C=O) groups is 1. The lowest BCUT2D eigenvalue weighted by Crippen LogP contribution is -2.19. The maximum Gasteiger partial charge on any atom is 0.242 e. The van der Waals surface area contributed by atoms with E-state index in [1.165, 1.54) is 23.1 Å². The molecule has 2 aromatic carbocycles. The molecule has 152 valence electrons. The number of benzene rings is 2. The molecule has 3 rings (SSSR count). The van der Waals surface area contributed by atoms with Gasteiger partial charge in [0.25, 0.3) is 0 Å². The van der Waals surface area contributed by atoms with E-state index in [0.717, 1.165) is 38.4 Å². The Morgan fingerprint density at radius 1 is 1.10 bits per heavy atom. The number of amides is 1. The minimum Gasteiger partial charge on any atom is -0.360 e. The van der Waals surface area contributed by atoms with E-state index in [2.05, 4.69) is 34.7 Å². The van der Waals surface area contributed by atoms with Crippen LogP contribution in [0.25, 0.3) is 0 Å². The van der Waals surface area contributed by atoms with Crippen LogP contribution in [-0.2, 0) is 4.79 Å².